The van der Waals surface area contributed by atoms with Gasteiger partial charge in [0.2, 0.25) is 5.78 Å². The molecule has 0 spiro atoms. The topological polar surface area (TPSA) is 37.4 Å². The Labute approximate surface area is 90.8 Å². The van der Waals surface area contributed by atoms with Crippen LogP contribution in [-0.4, -0.2) is 29.2 Å². The van der Waals surface area contributed by atoms with Crippen LogP contribution in [0.5, 0.6) is 0 Å². The quantitative estimate of drug-likeness (QED) is 0.648. The Hall–Kier alpha value is -0.860. The maximum Gasteiger partial charge on any atom is 0.290 e. The lowest BCUT2D eigenvalue weighted by atomic mass is 9.93. The molecular weight excluding hydrogens is 190 g/mol. The average Bonchev–Trinajstić information content (AvgIpc) is 2.73. The molecule has 0 radical (unpaired) electrons. The maximum absolute atomic E-state index is 11.6. The molecule has 1 saturated carbocycles. The predicted molar refractivity (Wildman–Crippen MR) is 57.3 cm³/mol. The minimum absolute atomic E-state index is 0.192. The van der Waals surface area contributed by atoms with Crippen LogP contribution in [0.3, 0.4) is 0 Å². The van der Waals surface area contributed by atoms with Crippen molar-refractivity contribution in [2.24, 2.45) is 11.8 Å². The number of hydrogen-bond acceptors (Lipinski definition) is 2. The summed E-state index contributed by atoms with van der Waals surface area (Å²) in [6, 6.07) is 0.328. The molecule has 1 aliphatic heterocycles. The SMILES string of the molecule is CCC1CCC(N2CCC(=O)C2=O)C1C. The molecule has 2 fully saturated rings. The van der Waals surface area contributed by atoms with Gasteiger partial charge in [0.1, 0.15) is 0 Å². The van der Waals surface area contributed by atoms with Crippen molar-refractivity contribution in [3.8, 4) is 0 Å². The van der Waals surface area contributed by atoms with Gasteiger partial charge in [-0.15, -0.1) is 0 Å². The van der Waals surface area contributed by atoms with Crippen molar-refractivity contribution in [1.29, 1.82) is 0 Å². The van der Waals surface area contributed by atoms with E-state index in [9.17, 15) is 9.59 Å². The van der Waals surface area contributed by atoms with Crippen molar-refractivity contribution in [2.45, 2.75) is 45.6 Å². The summed E-state index contributed by atoms with van der Waals surface area (Å²) in [5.41, 5.74) is 0. The molecule has 1 amide bonds. The zero-order valence-corrected chi connectivity index (χ0v) is 9.53. The highest BCUT2D eigenvalue weighted by molar-refractivity contribution is 6.37. The first-order valence-corrected chi connectivity index (χ1v) is 5.99. The van der Waals surface area contributed by atoms with Crippen LogP contribution in [0.1, 0.15) is 39.5 Å². The fourth-order valence-electron chi connectivity index (χ4n) is 3.15. The first-order valence-electron chi connectivity index (χ1n) is 5.99. The van der Waals surface area contributed by atoms with Gasteiger partial charge in [-0.3, -0.25) is 9.59 Å². The molecule has 0 aromatic heterocycles. The van der Waals surface area contributed by atoms with Crippen molar-refractivity contribution in [3.63, 3.8) is 0 Å². The number of carbonyl (C=O) groups is 2. The summed E-state index contributed by atoms with van der Waals surface area (Å²) in [6.45, 7) is 5.09. The lowest BCUT2D eigenvalue weighted by molar-refractivity contribution is -0.141. The highest BCUT2D eigenvalue weighted by Gasteiger charge is 2.41. The Morgan fingerprint density at radius 1 is 1.33 bits per heavy atom. The number of ketones is 1. The van der Waals surface area contributed by atoms with Crippen LogP contribution < -0.4 is 0 Å². The molecule has 3 unspecified atom stereocenters. The van der Waals surface area contributed by atoms with Gasteiger partial charge in [-0.05, 0) is 24.7 Å². The van der Waals surface area contributed by atoms with Gasteiger partial charge in [0, 0.05) is 19.0 Å². The smallest absolute Gasteiger partial charge is 0.290 e. The maximum atomic E-state index is 11.6. The molecule has 84 valence electrons. The van der Waals surface area contributed by atoms with Gasteiger partial charge in [0.25, 0.3) is 5.91 Å². The Morgan fingerprint density at radius 3 is 2.53 bits per heavy atom. The van der Waals surface area contributed by atoms with E-state index in [1.54, 1.807) is 0 Å². The predicted octanol–water partition coefficient (Wildman–Crippen LogP) is 1.61. The monoisotopic (exact) mass is 209 g/mol. The van der Waals surface area contributed by atoms with E-state index in [4.69, 9.17) is 0 Å². The van der Waals surface area contributed by atoms with E-state index in [2.05, 4.69) is 13.8 Å². The second-order valence-corrected chi connectivity index (χ2v) is 4.84. The zero-order valence-electron chi connectivity index (χ0n) is 9.53. The van der Waals surface area contributed by atoms with Crippen LogP contribution in [0, 0.1) is 11.8 Å². The van der Waals surface area contributed by atoms with Crippen LogP contribution in [0.15, 0.2) is 0 Å². The molecule has 1 aliphatic carbocycles. The molecule has 15 heavy (non-hydrogen) atoms. The molecule has 0 N–H and O–H groups in total. The number of likely N-dealkylation sites (tertiary alicyclic amines) is 1. The Bertz CT molecular complexity index is 287. The van der Waals surface area contributed by atoms with Crippen molar-refractivity contribution >= 4 is 11.7 Å². The van der Waals surface area contributed by atoms with E-state index in [1.807, 2.05) is 4.90 Å². The third-order valence-electron chi connectivity index (χ3n) is 4.19. The Kier molecular flexibility index (Phi) is 2.81. The normalized spacial score (nSPS) is 36.7. The zero-order chi connectivity index (χ0) is 11.0. The van der Waals surface area contributed by atoms with E-state index in [1.165, 1.54) is 12.8 Å². The van der Waals surface area contributed by atoms with Crippen LogP contribution >= 0.6 is 0 Å². The third-order valence-corrected chi connectivity index (χ3v) is 4.19. The summed E-state index contributed by atoms with van der Waals surface area (Å²) < 4.78 is 0. The molecule has 0 aromatic carbocycles. The van der Waals surface area contributed by atoms with Crippen LogP contribution in [-0.2, 0) is 9.59 Å². The summed E-state index contributed by atoms with van der Waals surface area (Å²) in [5.74, 6) is 0.870. The largest absolute Gasteiger partial charge is 0.332 e. The van der Waals surface area contributed by atoms with E-state index >= 15 is 0 Å². The number of nitrogens with zero attached hydrogens (tertiary/aromatic N) is 1. The lowest BCUT2D eigenvalue weighted by Crippen LogP contribution is -2.40. The second-order valence-electron chi connectivity index (χ2n) is 4.84. The van der Waals surface area contributed by atoms with Crippen LogP contribution in [0.25, 0.3) is 0 Å². The minimum atomic E-state index is -0.233. The number of rotatable bonds is 2. The van der Waals surface area contributed by atoms with Gasteiger partial charge < -0.3 is 4.90 Å². The third kappa shape index (κ3) is 1.68. The summed E-state index contributed by atoms with van der Waals surface area (Å²) in [5, 5.41) is 0. The van der Waals surface area contributed by atoms with Gasteiger partial charge >= 0.3 is 0 Å². The first kappa shape index (κ1) is 10.7. The molecule has 3 atom stereocenters. The summed E-state index contributed by atoms with van der Waals surface area (Å²) in [6.07, 6.45) is 3.91. The van der Waals surface area contributed by atoms with Crippen LogP contribution in [0.4, 0.5) is 0 Å². The van der Waals surface area contributed by atoms with Crippen molar-refractivity contribution < 1.29 is 9.59 Å². The van der Waals surface area contributed by atoms with Gasteiger partial charge in [-0.2, -0.15) is 0 Å². The van der Waals surface area contributed by atoms with Crippen molar-refractivity contribution in [1.82, 2.24) is 4.90 Å². The molecule has 3 heteroatoms. The molecule has 1 heterocycles. The van der Waals surface area contributed by atoms with Crippen molar-refractivity contribution in [2.75, 3.05) is 6.54 Å². The highest BCUT2D eigenvalue weighted by atomic mass is 16.2. The van der Waals surface area contributed by atoms with E-state index in [0.29, 0.717) is 24.9 Å². The number of Topliss-reactive ketones (excluding diaryl/α,β-unsaturated/α-hetero) is 1. The fraction of sp³-hybridized carbons (Fsp3) is 0.833. The van der Waals surface area contributed by atoms with Gasteiger partial charge in [-0.25, -0.2) is 0 Å². The second kappa shape index (κ2) is 3.95. The van der Waals surface area contributed by atoms with Crippen LogP contribution in [0.2, 0.25) is 0 Å². The minimum Gasteiger partial charge on any atom is -0.332 e. The van der Waals surface area contributed by atoms with Gasteiger partial charge in [0.05, 0.1) is 0 Å². The number of carbonyl (C=O) groups excluding carboxylic acids is 2. The van der Waals surface area contributed by atoms with E-state index < -0.39 is 0 Å². The molecule has 3 nitrogen and oxygen atoms in total. The number of hydrogen-bond donors (Lipinski definition) is 0. The molecule has 1 saturated heterocycles. The van der Waals surface area contributed by atoms with Crippen molar-refractivity contribution in [3.05, 3.63) is 0 Å². The van der Waals surface area contributed by atoms with E-state index in [0.717, 1.165) is 12.3 Å². The Morgan fingerprint density at radius 2 is 2.07 bits per heavy atom. The molecule has 2 rings (SSSR count). The molecule has 0 bridgehead atoms. The standard InChI is InChI=1S/C12H19NO2/c1-3-9-4-5-10(8(9)2)13-7-6-11(14)12(13)15/h8-10H,3-7H2,1-2H3. The summed E-state index contributed by atoms with van der Waals surface area (Å²) in [4.78, 5) is 24.6. The number of amides is 1. The fourth-order valence-corrected chi connectivity index (χ4v) is 3.15. The average molecular weight is 209 g/mol. The summed E-state index contributed by atoms with van der Waals surface area (Å²) in [7, 11) is 0. The van der Waals surface area contributed by atoms with Gasteiger partial charge in [-0.1, -0.05) is 20.3 Å². The first-order chi connectivity index (χ1) is 7.15. The van der Waals surface area contributed by atoms with Gasteiger partial charge in [0.15, 0.2) is 0 Å². The highest BCUT2D eigenvalue weighted by Crippen LogP contribution is 2.37. The molecular formula is C12H19NO2. The lowest BCUT2D eigenvalue weighted by Gasteiger charge is -2.28. The molecule has 2 aliphatic rings. The molecule has 0 aromatic rings. The van der Waals surface area contributed by atoms with E-state index in [-0.39, 0.29) is 11.7 Å². The Balaban J connectivity index is 2.06. The summed E-state index contributed by atoms with van der Waals surface area (Å²) >= 11 is 0.